The molecule has 0 radical (unpaired) electrons. The number of urea groups is 1. The van der Waals surface area contributed by atoms with Crippen molar-refractivity contribution < 1.29 is 19.1 Å². The van der Waals surface area contributed by atoms with E-state index in [2.05, 4.69) is 5.32 Å². The van der Waals surface area contributed by atoms with Crippen molar-refractivity contribution in [3.8, 4) is 0 Å². The first-order chi connectivity index (χ1) is 10.4. The summed E-state index contributed by atoms with van der Waals surface area (Å²) in [7, 11) is 0. The van der Waals surface area contributed by atoms with E-state index >= 15 is 0 Å². The van der Waals surface area contributed by atoms with Gasteiger partial charge in [0, 0.05) is 32.2 Å². The van der Waals surface area contributed by atoms with E-state index in [9.17, 15) is 9.59 Å². The van der Waals surface area contributed by atoms with E-state index in [1.54, 1.807) is 0 Å². The molecule has 22 heavy (non-hydrogen) atoms. The second kappa shape index (κ2) is 7.17. The quantitative estimate of drug-likeness (QED) is 0.852. The zero-order valence-corrected chi connectivity index (χ0v) is 13.8. The Morgan fingerprint density at radius 2 is 1.91 bits per heavy atom. The molecular formula is C15H27N3O4. The van der Waals surface area contributed by atoms with Crippen molar-refractivity contribution in [2.45, 2.75) is 45.3 Å². The van der Waals surface area contributed by atoms with E-state index in [0.29, 0.717) is 45.4 Å². The molecule has 0 bridgehead atoms. The summed E-state index contributed by atoms with van der Waals surface area (Å²) in [5, 5.41) is 2.71. The third-order valence-electron chi connectivity index (χ3n) is 3.54. The monoisotopic (exact) mass is 313 g/mol. The third kappa shape index (κ3) is 5.36. The fourth-order valence-corrected chi connectivity index (χ4v) is 2.35. The topological polar surface area (TPSA) is 71.1 Å². The number of nitrogens with zero attached hydrogens (tertiary/aromatic N) is 2. The number of morpholine rings is 1. The predicted molar refractivity (Wildman–Crippen MR) is 81.8 cm³/mol. The van der Waals surface area contributed by atoms with Gasteiger partial charge in [0.15, 0.2) is 0 Å². The van der Waals surface area contributed by atoms with Gasteiger partial charge in [0.2, 0.25) is 0 Å². The summed E-state index contributed by atoms with van der Waals surface area (Å²) in [5.74, 6) is 0. The van der Waals surface area contributed by atoms with Crippen LogP contribution in [0.3, 0.4) is 0 Å². The lowest BCUT2D eigenvalue weighted by molar-refractivity contribution is 0.0415. The minimum atomic E-state index is -0.510. The van der Waals surface area contributed by atoms with E-state index in [1.165, 1.54) is 0 Å². The maximum absolute atomic E-state index is 12.5. The van der Waals surface area contributed by atoms with Gasteiger partial charge in [-0.1, -0.05) is 0 Å². The van der Waals surface area contributed by atoms with Gasteiger partial charge in [-0.25, -0.2) is 9.59 Å². The SMILES string of the molecule is CC(C)(C)OC(=O)NCCN(C(=O)N1CCOCC1)C1CC1. The van der Waals surface area contributed by atoms with Gasteiger partial charge in [-0.2, -0.15) is 0 Å². The smallest absolute Gasteiger partial charge is 0.407 e. The molecule has 1 aliphatic heterocycles. The summed E-state index contributed by atoms with van der Waals surface area (Å²) in [5.41, 5.74) is -0.510. The number of amides is 3. The van der Waals surface area contributed by atoms with Gasteiger partial charge in [-0.3, -0.25) is 0 Å². The minimum absolute atomic E-state index is 0.0526. The van der Waals surface area contributed by atoms with Gasteiger partial charge in [-0.05, 0) is 33.6 Å². The highest BCUT2D eigenvalue weighted by Gasteiger charge is 2.35. The highest BCUT2D eigenvalue weighted by molar-refractivity contribution is 5.75. The number of carbonyl (C=O) groups is 2. The third-order valence-corrected chi connectivity index (χ3v) is 3.54. The first-order valence-electron chi connectivity index (χ1n) is 7.97. The lowest BCUT2D eigenvalue weighted by atomic mass is 10.2. The number of rotatable bonds is 4. The van der Waals surface area contributed by atoms with Gasteiger partial charge < -0.3 is 24.6 Å². The van der Waals surface area contributed by atoms with Crippen LogP contribution in [0.15, 0.2) is 0 Å². The molecule has 0 aromatic rings. The summed E-state index contributed by atoms with van der Waals surface area (Å²) < 4.78 is 10.5. The van der Waals surface area contributed by atoms with Crippen LogP contribution in [0.1, 0.15) is 33.6 Å². The Labute approximate surface area is 131 Å². The second-order valence-electron chi connectivity index (χ2n) is 6.74. The van der Waals surface area contributed by atoms with Gasteiger partial charge in [-0.15, -0.1) is 0 Å². The molecule has 0 unspecified atom stereocenters. The zero-order valence-electron chi connectivity index (χ0n) is 13.8. The molecule has 7 nitrogen and oxygen atoms in total. The highest BCUT2D eigenvalue weighted by atomic mass is 16.6. The van der Waals surface area contributed by atoms with Crippen LogP contribution in [0.5, 0.6) is 0 Å². The summed E-state index contributed by atoms with van der Waals surface area (Å²) in [6.45, 7) is 8.87. The number of nitrogens with one attached hydrogen (secondary N) is 1. The largest absolute Gasteiger partial charge is 0.444 e. The number of hydrogen-bond acceptors (Lipinski definition) is 4. The zero-order chi connectivity index (χ0) is 16.2. The van der Waals surface area contributed by atoms with Crippen LogP contribution in [-0.4, -0.2) is 73.0 Å². The normalized spacial score (nSPS) is 18.8. The number of carbonyl (C=O) groups excluding carboxylic acids is 2. The summed E-state index contributed by atoms with van der Waals surface area (Å²) >= 11 is 0. The Balaban J connectivity index is 1.77. The van der Waals surface area contributed by atoms with Crippen molar-refractivity contribution in [2.24, 2.45) is 0 Å². The molecule has 1 saturated carbocycles. The van der Waals surface area contributed by atoms with Crippen LogP contribution in [0, 0.1) is 0 Å². The molecule has 3 amide bonds. The molecule has 7 heteroatoms. The average Bonchev–Trinajstić information content (AvgIpc) is 3.26. The molecule has 0 spiro atoms. The van der Waals surface area contributed by atoms with Crippen molar-refractivity contribution in [3.05, 3.63) is 0 Å². The summed E-state index contributed by atoms with van der Waals surface area (Å²) in [4.78, 5) is 27.9. The Bertz CT molecular complexity index is 398. The fourth-order valence-electron chi connectivity index (χ4n) is 2.35. The van der Waals surface area contributed by atoms with Crippen LogP contribution < -0.4 is 5.32 Å². The molecular weight excluding hydrogens is 286 g/mol. The van der Waals surface area contributed by atoms with Crippen molar-refractivity contribution in [1.29, 1.82) is 0 Å². The first kappa shape index (κ1) is 16.9. The van der Waals surface area contributed by atoms with Crippen LogP contribution in [0.2, 0.25) is 0 Å². The van der Waals surface area contributed by atoms with Crippen LogP contribution in [0.25, 0.3) is 0 Å². The standard InChI is InChI=1S/C15H27N3O4/c1-15(2,3)22-13(19)16-6-7-18(12-4-5-12)14(20)17-8-10-21-11-9-17/h12H,4-11H2,1-3H3,(H,16,19). The lowest BCUT2D eigenvalue weighted by Gasteiger charge is -2.33. The molecule has 1 aliphatic carbocycles. The van der Waals surface area contributed by atoms with E-state index in [1.807, 2.05) is 30.6 Å². The summed E-state index contributed by atoms with van der Waals surface area (Å²) in [6, 6.07) is 0.368. The Hall–Kier alpha value is -1.50. The Morgan fingerprint density at radius 3 is 2.45 bits per heavy atom. The molecule has 126 valence electrons. The molecule has 0 atom stereocenters. The van der Waals surface area contributed by atoms with Gasteiger partial charge >= 0.3 is 12.1 Å². The average molecular weight is 313 g/mol. The Morgan fingerprint density at radius 1 is 1.27 bits per heavy atom. The van der Waals surface area contributed by atoms with Crippen LogP contribution >= 0.6 is 0 Å². The molecule has 0 aromatic heterocycles. The molecule has 1 N–H and O–H groups in total. The molecule has 2 rings (SSSR count). The van der Waals surface area contributed by atoms with E-state index in [-0.39, 0.29) is 6.03 Å². The first-order valence-corrected chi connectivity index (χ1v) is 7.97. The molecule has 1 saturated heterocycles. The highest BCUT2D eigenvalue weighted by Crippen LogP contribution is 2.27. The van der Waals surface area contributed by atoms with Crippen LogP contribution in [-0.2, 0) is 9.47 Å². The van der Waals surface area contributed by atoms with E-state index in [4.69, 9.17) is 9.47 Å². The molecule has 2 aliphatic rings. The van der Waals surface area contributed by atoms with Crippen molar-refractivity contribution in [1.82, 2.24) is 15.1 Å². The number of ether oxygens (including phenoxy) is 2. The van der Waals surface area contributed by atoms with E-state index < -0.39 is 11.7 Å². The number of hydrogen-bond donors (Lipinski definition) is 1. The molecule has 0 aromatic carbocycles. The predicted octanol–water partition coefficient (Wildman–Crippen LogP) is 1.43. The van der Waals surface area contributed by atoms with Crippen molar-refractivity contribution >= 4 is 12.1 Å². The Kier molecular flexibility index (Phi) is 5.50. The van der Waals surface area contributed by atoms with Gasteiger partial charge in [0.1, 0.15) is 5.60 Å². The van der Waals surface area contributed by atoms with Gasteiger partial charge in [0.05, 0.1) is 13.2 Å². The molecule has 1 heterocycles. The number of alkyl carbamates (subject to hydrolysis) is 1. The minimum Gasteiger partial charge on any atom is -0.444 e. The van der Waals surface area contributed by atoms with Gasteiger partial charge in [0.25, 0.3) is 0 Å². The van der Waals surface area contributed by atoms with Crippen LogP contribution in [0.4, 0.5) is 9.59 Å². The lowest BCUT2D eigenvalue weighted by Crippen LogP contribution is -2.50. The maximum atomic E-state index is 12.5. The summed E-state index contributed by atoms with van der Waals surface area (Å²) in [6.07, 6.45) is 1.65. The molecule has 2 fully saturated rings. The van der Waals surface area contributed by atoms with E-state index in [0.717, 1.165) is 12.8 Å². The van der Waals surface area contributed by atoms with Crippen molar-refractivity contribution in [3.63, 3.8) is 0 Å². The van der Waals surface area contributed by atoms with Crippen molar-refractivity contribution in [2.75, 3.05) is 39.4 Å². The maximum Gasteiger partial charge on any atom is 0.407 e. The fraction of sp³-hybridized carbons (Fsp3) is 0.867. The second-order valence-corrected chi connectivity index (χ2v) is 6.74.